The topological polar surface area (TPSA) is 50.4 Å². The molecule has 3 nitrogen and oxygen atoms in total. The van der Waals surface area contributed by atoms with Crippen molar-refractivity contribution in [1.82, 2.24) is 0 Å². The molecule has 5 heteroatoms. The molecule has 1 aromatic rings. The molecule has 0 unspecified atom stereocenters. The second-order valence-electron chi connectivity index (χ2n) is 11.0. The molecule has 0 aromatic carbocycles. The lowest BCUT2D eigenvalue weighted by Crippen LogP contribution is -2.53. The van der Waals surface area contributed by atoms with Crippen molar-refractivity contribution in [2.75, 3.05) is 0 Å². The van der Waals surface area contributed by atoms with Crippen molar-refractivity contribution in [3.63, 3.8) is 0 Å². The normalized spacial score (nSPS) is 45.6. The number of rotatable bonds is 4. The molecule has 1 aromatic heterocycles. The lowest BCUT2D eigenvalue weighted by molar-refractivity contribution is -0.160. The molecule has 4 saturated carbocycles. The SMILES string of the molecule is C[C@]12CC[C@H]3[C@@H](CC[C@H]4C[C@@](O)(C(F)F)CC[C@@H]43)[C@@H]1CC[C@@H]2C(=O)Cc1ccco1. The Morgan fingerprint density at radius 1 is 1.13 bits per heavy atom. The largest absolute Gasteiger partial charge is 0.469 e. The van der Waals surface area contributed by atoms with E-state index < -0.39 is 12.0 Å². The Kier molecular flexibility index (Phi) is 5.11. The van der Waals surface area contributed by atoms with Crippen LogP contribution in [-0.2, 0) is 11.2 Å². The highest BCUT2D eigenvalue weighted by Gasteiger charge is 2.59. The second-order valence-corrected chi connectivity index (χ2v) is 11.0. The van der Waals surface area contributed by atoms with E-state index in [0.717, 1.165) is 50.7 Å². The molecule has 1 heterocycles. The lowest BCUT2D eigenvalue weighted by Gasteiger charge is -2.57. The highest BCUT2D eigenvalue weighted by atomic mass is 19.3. The molecule has 0 amide bonds. The van der Waals surface area contributed by atoms with E-state index in [-0.39, 0.29) is 30.1 Å². The standard InChI is InChI=1S/C25H34F2O3/c1-24-10-8-18-17-9-11-25(29,23(26)27)14-15(17)4-5-19(18)20(24)6-7-21(24)22(28)13-16-3-2-12-30-16/h2-3,12,15,17-21,23,29H,4-11,13-14H2,1H3/t15-,17-,18+,19+,20-,21+,24-,25+/m0/s1. The highest BCUT2D eigenvalue weighted by Crippen LogP contribution is 2.65. The summed E-state index contributed by atoms with van der Waals surface area (Å²) in [5, 5.41) is 10.4. The van der Waals surface area contributed by atoms with E-state index in [9.17, 15) is 18.7 Å². The van der Waals surface area contributed by atoms with Gasteiger partial charge in [-0.2, -0.15) is 0 Å². The summed E-state index contributed by atoms with van der Waals surface area (Å²) in [6.07, 6.45) is 6.92. The number of ketones is 1. The maximum atomic E-state index is 13.4. The molecule has 5 rings (SSSR count). The third-order valence-corrected chi connectivity index (χ3v) is 9.77. The van der Waals surface area contributed by atoms with Crippen LogP contribution in [-0.4, -0.2) is 22.9 Å². The summed E-state index contributed by atoms with van der Waals surface area (Å²) >= 11 is 0. The first-order valence-electron chi connectivity index (χ1n) is 11.9. The summed E-state index contributed by atoms with van der Waals surface area (Å²) in [6, 6.07) is 3.72. The fraction of sp³-hybridized carbons (Fsp3) is 0.800. The van der Waals surface area contributed by atoms with Crippen LogP contribution in [0.5, 0.6) is 0 Å². The minimum absolute atomic E-state index is 0.0655. The molecule has 0 aliphatic heterocycles. The molecule has 4 fully saturated rings. The van der Waals surface area contributed by atoms with Gasteiger partial charge < -0.3 is 9.52 Å². The number of hydrogen-bond donors (Lipinski definition) is 1. The van der Waals surface area contributed by atoms with E-state index in [0.29, 0.717) is 35.9 Å². The van der Waals surface area contributed by atoms with Crippen LogP contribution < -0.4 is 0 Å². The van der Waals surface area contributed by atoms with Crippen LogP contribution in [0.2, 0.25) is 0 Å². The molecule has 4 aliphatic rings. The van der Waals surface area contributed by atoms with Crippen LogP contribution in [0.1, 0.15) is 70.5 Å². The van der Waals surface area contributed by atoms with E-state index in [2.05, 4.69) is 6.92 Å². The Balaban J connectivity index is 1.30. The van der Waals surface area contributed by atoms with Gasteiger partial charge in [-0.1, -0.05) is 6.92 Å². The fourth-order valence-electron chi connectivity index (χ4n) is 8.34. The molecule has 4 aliphatic carbocycles. The van der Waals surface area contributed by atoms with Gasteiger partial charge in [-0.05, 0) is 105 Å². The van der Waals surface area contributed by atoms with Gasteiger partial charge >= 0.3 is 0 Å². The highest BCUT2D eigenvalue weighted by molar-refractivity contribution is 5.84. The number of aliphatic hydroxyl groups is 1. The molecule has 30 heavy (non-hydrogen) atoms. The summed E-state index contributed by atoms with van der Waals surface area (Å²) < 4.78 is 32.2. The third-order valence-electron chi connectivity index (χ3n) is 9.77. The van der Waals surface area contributed by atoms with Gasteiger partial charge in [0, 0.05) is 5.92 Å². The summed E-state index contributed by atoms with van der Waals surface area (Å²) in [7, 11) is 0. The Bertz CT molecular complexity index is 777. The minimum Gasteiger partial charge on any atom is -0.469 e. The molecule has 166 valence electrons. The van der Waals surface area contributed by atoms with E-state index >= 15 is 0 Å². The van der Waals surface area contributed by atoms with Crippen molar-refractivity contribution in [2.45, 2.75) is 83.2 Å². The molecule has 0 saturated heterocycles. The maximum absolute atomic E-state index is 13.4. The predicted octanol–water partition coefficient (Wildman–Crippen LogP) is 5.66. The molecule has 8 atom stereocenters. The zero-order chi connectivity index (χ0) is 21.1. The number of carbonyl (C=O) groups excluding carboxylic acids is 1. The minimum atomic E-state index is -2.64. The first kappa shape index (κ1) is 20.7. The van der Waals surface area contributed by atoms with Crippen molar-refractivity contribution >= 4 is 5.78 Å². The molecule has 1 N–H and O–H groups in total. The van der Waals surface area contributed by atoms with E-state index in [1.165, 1.54) is 0 Å². The number of hydrogen-bond acceptors (Lipinski definition) is 3. The fourth-order valence-corrected chi connectivity index (χ4v) is 8.34. The maximum Gasteiger partial charge on any atom is 0.266 e. The van der Waals surface area contributed by atoms with Gasteiger partial charge in [-0.3, -0.25) is 4.79 Å². The van der Waals surface area contributed by atoms with Crippen LogP contribution >= 0.6 is 0 Å². The summed E-state index contributed by atoms with van der Waals surface area (Å²) in [5.41, 5.74) is -1.70. The van der Waals surface area contributed by atoms with Crippen molar-refractivity contribution in [3.05, 3.63) is 24.2 Å². The Morgan fingerprint density at radius 2 is 1.93 bits per heavy atom. The van der Waals surface area contributed by atoms with E-state index in [1.54, 1.807) is 6.26 Å². The van der Waals surface area contributed by atoms with Crippen LogP contribution in [0.25, 0.3) is 0 Å². The van der Waals surface area contributed by atoms with E-state index in [1.807, 2.05) is 12.1 Å². The van der Waals surface area contributed by atoms with Gasteiger partial charge in [0.2, 0.25) is 0 Å². The van der Waals surface area contributed by atoms with Gasteiger partial charge in [0.25, 0.3) is 6.43 Å². The molecular weight excluding hydrogens is 386 g/mol. The number of furan rings is 1. The van der Waals surface area contributed by atoms with Gasteiger partial charge in [0.05, 0.1) is 12.7 Å². The van der Waals surface area contributed by atoms with Crippen molar-refractivity contribution in [3.8, 4) is 0 Å². The number of halogens is 2. The smallest absolute Gasteiger partial charge is 0.266 e. The van der Waals surface area contributed by atoms with Crippen molar-refractivity contribution in [2.24, 2.45) is 40.9 Å². The Labute approximate surface area is 177 Å². The Morgan fingerprint density at radius 3 is 2.67 bits per heavy atom. The number of carbonyl (C=O) groups is 1. The summed E-state index contributed by atoms with van der Waals surface area (Å²) in [4.78, 5) is 13.1. The van der Waals surface area contributed by atoms with Gasteiger partial charge in [-0.25, -0.2) is 8.78 Å². The van der Waals surface area contributed by atoms with Crippen molar-refractivity contribution < 1.29 is 23.1 Å². The third kappa shape index (κ3) is 3.18. The van der Waals surface area contributed by atoms with Crippen LogP contribution in [0.4, 0.5) is 8.78 Å². The lowest BCUT2D eigenvalue weighted by atomic mass is 9.49. The molecule has 0 bridgehead atoms. The molecule has 0 radical (unpaired) electrons. The number of alkyl halides is 2. The van der Waals surface area contributed by atoms with E-state index in [4.69, 9.17) is 4.42 Å². The van der Waals surface area contributed by atoms with Crippen LogP contribution in [0.15, 0.2) is 22.8 Å². The Hall–Kier alpha value is -1.23. The average Bonchev–Trinajstić information content (AvgIpc) is 3.34. The average molecular weight is 421 g/mol. The quantitative estimate of drug-likeness (QED) is 0.684. The second kappa shape index (κ2) is 7.43. The first-order chi connectivity index (χ1) is 14.3. The number of fused-ring (bicyclic) bond motifs is 5. The zero-order valence-electron chi connectivity index (χ0n) is 17.9. The summed E-state index contributed by atoms with van der Waals surface area (Å²) in [6.45, 7) is 2.34. The van der Waals surface area contributed by atoms with Crippen LogP contribution in [0, 0.1) is 40.9 Å². The monoisotopic (exact) mass is 420 g/mol. The number of Topliss-reactive ketones (excluding diaryl/α,β-unsaturated/α-hetero) is 1. The van der Waals surface area contributed by atoms with Gasteiger partial charge in [0.1, 0.15) is 17.1 Å². The molecule has 0 spiro atoms. The van der Waals surface area contributed by atoms with Gasteiger partial charge in [-0.15, -0.1) is 0 Å². The van der Waals surface area contributed by atoms with Crippen molar-refractivity contribution in [1.29, 1.82) is 0 Å². The molecular formula is C25H34F2O3. The summed E-state index contributed by atoms with van der Waals surface area (Å²) in [5.74, 6) is 3.68. The first-order valence-corrected chi connectivity index (χ1v) is 11.9. The predicted molar refractivity (Wildman–Crippen MR) is 109 cm³/mol. The van der Waals surface area contributed by atoms with Crippen LogP contribution in [0.3, 0.4) is 0 Å². The van der Waals surface area contributed by atoms with Gasteiger partial charge in [0.15, 0.2) is 0 Å². The zero-order valence-corrected chi connectivity index (χ0v) is 17.9.